The Labute approximate surface area is 146 Å². The number of hydrogen-bond donors (Lipinski definition) is 0. The standard InChI is InChI=1S/C20H20N2O3/c21-10-17-16(11-22-7-2-1-6-18(17)22)12-25-20(24)15-8-13-4-3-5-14(9-15)19(13)23/h1-2,6-7,11,13-15H,3-5,8-9,12H2. The lowest BCUT2D eigenvalue weighted by Gasteiger charge is -2.36. The van der Waals surface area contributed by atoms with E-state index in [4.69, 9.17) is 4.74 Å². The lowest BCUT2D eigenvalue weighted by molar-refractivity contribution is -0.154. The Morgan fingerprint density at radius 2 is 2.04 bits per heavy atom. The molecule has 2 heterocycles. The van der Waals surface area contributed by atoms with E-state index in [-0.39, 0.29) is 30.3 Å². The molecule has 2 aliphatic carbocycles. The van der Waals surface area contributed by atoms with Crippen LogP contribution >= 0.6 is 0 Å². The molecule has 2 aromatic rings. The number of ether oxygens (including phenoxy) is 1. The molecule has 2 saturated carbocycles. The van der Waals surface area contributed by atoms with Crippen LogP contribution in [0.4, 0.5) is 0 Å². The van der Waals surface area contributed by atoms with Crippen LogP contribution in [0.3, 0.4) is 0 Å². The van der Waals surface area contributed by atoms with E-state index >= 15 is 0 Å². The molecule has 0 amide bonds. The first-order valence-electron chi connectivity index (χ1n) is 8.86. The van der Waals surface area contributed by atoms with Gasteiger partial charge in [-0.2, -0.15) is 5.26 Å². The molecule has 5 heteroatoms. The summed E-state index contributed by atoms with van der Waals surface area (Å²) in [6, 6.07) is 7.85. The second-order valence-electron chi connectivity index (χ2n) is 7.14. The van der Waals surface area contributed by atoms with Gasteiger partial charge in [0, 0.05) is 29.8 Å². The van der Waals surface area contributed by atoms with Crippen LogP contribution in [0.2, 0.25) is 0 Å². The Hall–Kier alpha value is -2.61. The average Bonchev–Trinajstić information content (AvgIpc) is 2.97. The monoisotopic (exact) mass is 336 g/mol. The normalized spacial score (nSPS) is 25.6. The minimum absolute atomic E-state index is 0.0387. The number of nitriles is 1. The molecule has 5 nitrogen and oxygen atoms in total. The highest BCUT2D eigenvalue weighted by atomic mass is 16.5. The maximum atomic E-state index is 12.5. The number of pyridine rings is 1. The summed E-state index contributed by atoms with van der Waals surface area (Å²) in [6.45, 7) is 0.100. The average molecular weight is 336 g/mol. The van der Waals surface area contributed by atoms with Gasteiger partial charge in [-0.3, -0.25) is 9.59 Å². The molecule has 4 rings (SSSR count). The van der Waals surface area contributed by atoms with Crippen molar-refractivity contribution in [3.63, 3.8) is 0 Å². The molecular weight excluding hydrogens is 316 g/mol. The predicted molar refractivity (Wildman–Crippen MR) is 90.5 cm³/mol. The second-order valence-corrected chi connectivity index (χ2v) is 7.14. The van der Waals surface area contributed by atoms with Crippen LogP contribution in [0, 0.1) is 29.1 Å². The maximum Gasteiger partial charge on any atom is 0.309 e. The van der Waals surface area contributed by atoms with Crippen LogP contribution in [0.5, 0.6) is 0 Å². The number of aromatic nitrogens is 1. The topological polar surface area (TPSA) is 71.6 Å². The van der Waals surface area contributed by atoms with Crippen LogP contribution in [0.25, 0.3) is 5.52 Å². The van der Waals surface area contributed by atoms with E-state index in [0.717, 1.165) is 24.8 Å². The molecule has 0 aromatic carbocycles. The third-order valence-corrected chi connectivity index (χ3v) is 5.63. The van der Waals surface area contributed by atoms with Gasteiger partial charge in [0.05, 0.1) is 17.0 Å². The Morgan fingerprint density at radius 3 is 2.76 bits per heavy atom. The Kier molecular flexibility index (Phi) is 4.04. The zero-order valence-corrected chi connectivity index (χ0v) is 14.0. The molecule has 2 unspecified atom stereocenters. The molecule has 0 N–H and O–H groups in total. The Balaban J connectivity index is 1.46. The number of Topliss-reactive ketones (excluding diaryl/α,β-unsaturated/α-hetero) is 1. The zero-order valence-electron chi connectivity index (χ0n) is 14.0. The maximum absolute atomic E-state index is 12.5. The smallest absolute Gasteiger partial charge is 0.309 e. The van der Waals surface area contributed by atoms with Crippen molar-refractivity contribution in [2.24, 2.45) is 17.8 Å². The molecule has 25 heavy (non-hydrogen) atoms. The van der Waals surface area contributed by atoms with Crippen molar-refractivity contribution in [2.75, 3.05) is 0 Å². The van der Waals surface area contributed by atoms with E-state index < -0.39 is 0 Å². The van der Waals surface area contributed by atoms with Crippen molar-refractivity contribution in [1.82, 2.24) is 4.40 Å². The van der Waals surface area contributed by atoms with Gasteiger partial charge >= 0.3 is 5.97 Å². The SMILES string of the molecule is N#Cc1c(COC(=O)C2CC3CCCC(C2)C3=O)cn2ccccc12. The third-order valence-electron chi connectivity index (χ3n) is 5.63. The first kappa shape index (κ1) is 15.9. The van der Waals surface area contributed by atoms with Crippen LogP contribution in [0.1, 0.15) is 43.2 Å². The fourth-order valence-electron chi connectivity index (χ4n) is 4.35. The quantitative estimate of drug-likeness (QED) is 0.807. The summed E-state index contributed by atoms with van der Waals surface area (Å²) in [6.07, 6.45) is 7.85. The molecule has 2 fully saturated rings. The molecular formula is C20H20N2O3. The number of carbonyl (C=O) groups excluding carboxylic acids is 2. The van der Waals surface area contributed by atoms with Crippen molar-refractivity contribution in [3.05, 3.63) is 41.7 Å². The third kappa shape index (κ3) is 2.82. The molecule has 0 radical (unpaired) electrons. The van der Waals surface area contributed by atoms with E-state index in [1.165, 1.54) is 0 Å². The van der Waals surface area contributed by atoms with Crippen LogP contribution in [0.15, 0.2) is 30.6 Å². The highest BCUT2D eigenvalue weighted by Gasteiger charge is 2.41. The predicted octanol–water partition coefficient (Wildman–Crippen LogP) is 3.25. The number of nitrogens with zero attached hydrogens (tertiary/aromatic N) is 2. The minimum atomic E-state index is -0.233. The summed E-state index contributed by atoms with van der Waals surface area (Å²) in [5.41, 5.74) is 2.08. The van der Waals surface area contributed by atoms with Gasteiger partial charge in [0.2, 0.25) is 0 Å². The minimum Gasteiger partial charge on any atom is -0.460 e. The van der Waals surface area contributed by atoms with E-state index in [1.54, 1.807) is 0 Å². The zero-order chi connectivity index (χ0) is 17.4. The molecule has 0 spiro atoms. The molecule has 2 aliphatic rings. The lowest BCUT2D eigenvalue weighted by Crippen LogP contribution is -2.39. The van der Waals surface area contributed by atoms with E-state index in [0.29, 0.717) is 29.8 Å². The van der Waals surface area contributed by atoms with E-state index in [2.05, 4.69) is 6.07 Å². The van der Waals surface area contributed by atoms with Crippen molar-refractivity contribution in [3.8, 4) is 6.07 Å². The highest BCUT2D eigenvalue weighted by molar-refractivity contribution is 5.87. The Morgan fingerprint density at radius 1 is 1.28 bits per heavy atom. The van der Waals surface area contributed by atoms with Crippen molar-refractivity contribution < 1.29 is 14.3 Å². The van der Waals surface area contributed by atoms with E-state index in [1.807, 2.05) is 35.0 Å². The fourth-order valence-corrected chi connectivity index (χ4v) is 4.35. The molecule has 0 aliphatic heterocycles. The summed E-state index contributed by atoms with van der Waals surface area (Å²) in [4.78, 5) is 24.6. The number of ketones is 1. The lowest BCUT2D eigenvalue weighted by atomic mass is 9.67. The van der Waals surface area contributed by atoms with Crippen LogP contribution in [-0.2, 0) is 20.9 Å². The van der Waals surface area contributed by atoms with Gasteiger partial charge in [-0.1, -0.05) is 12.5 Å². The van der Waals surface area contributed by atoms with Crippen molar-refractivity contribution >= 4 is 17.3 Å². The highest BCUT2D eigenvalue weighted by Crippen LogP contribution is 2.40. The van der Waals surface area contributed by atoms with Gasteiger partial charge in [-0.25, -0.2) is 0 Å². The number of rotatable bonds is 3. The number of fused-ring (bicyclic) bond motifs is 3. The van der Waals surface area contributed by atoms with Gasteiger partial charge in [0.15, 0.2) is 0 Å². The van der Waals surface area contributed by atoms with Crippen molar-refractivity contribution in [1.29, 1.82) is 5.26 Å². The van der Waals surface area contributed by atoms with Crippen LogP contribution in [-0.4, -0.2) is 16.2 Å². The van der Waals surface area contributed by atoms with Gasteiger partial charge in [0.1, 0.15) is 18.5 Å². The van der Waals surface area contributed by atoms with Crippen molar-refractivity contribution in [2.45, 2.75) is 38.7 Å². The largest absolute Gasteiger partial charge is 0.460 e. The van der Waals surface area contributed by atoms with Gasteiger partial charge in [0.25, 0.3) is 0 Å². The van der Waals surface area contributed by atoms with Gasteiger partial charge in [-0.15, -0.1) is 0 Å². The summed E-state index contributed by atoms with van der Waals surface area (Å²) in [5.74, 6) is 0.00782. The second kappa shape index (κ2) is 6.36. The first-order chi connectivity index (χ1) is 12.2. The summed E-state index contributed by atoms with van der Waals surface area (Å²) in [5, 5.41) is 9.42. The van der Waals surface area contributed by atoms with Gasteiger partial charge < -0.3 is 9.14 Å². The molecule has 2 bridgehead atoms. The molecule has 128 valence electrons. The van der Waals surface area contributed by atoms with Gasteiger partial charge in [-0.05, 0) is 37.8 Å². The number of esters is 1. The molecule has 2 atom stereocenters. The van der Waals surface area contributed by atoms with E-state index in [9.17, 15) is 14.9 Å². The fraction of sp³-hybridized carbons (Fsp3) is 0.450. The number of hydrogen-bond acceptors (Lipinski definition) is 4. The molecule has 2 aromatic heterocycles. The Bertz CT molecular complexity index is 861. The summed E-state index contributed by atoms with van der Waals surface area (Å²) < 4.78 is 7.39. The first-order valence-corrected chi connectivity index (χ1v) is 8.86. The summed E-state index contributed by atoms with van der Waals surface area (Å²) in [7, 11) is 0. The number of carbonyl (C=O) groups is 2. The molecule has 0 saturated heterocycles. The summed E-state index contributed by atoms with van der Waals surface area (Å²) >= 11 is 0. The van der Waals surface area contributed by atoms with Crippen LogP contribution < -0.4 is 0 Å².